The van der Waals surface area contributed by atoms with Gasteiger partial charge in [0, 0.05) is 11.6 Å². The van der Waals surface area contributed by atoms with Crippen LogP contribution in [0.4, 0.5) is 0 Å². The van der Waals surface area contributed by atoms with Crippen LogP contribution in [0.3, 0.4) is 0 Å². The van der Waals surface area contributed by atoms with Crippen LogP contribution >= 0.6 is 0 Å². The number of carbonyl (C=O) groups is 1. The van der Waals surface area contributed by atoms with Crippen molar-refractivity contribution in [3.8, 4) is 0 Å². The fourth-order valence-corrected chi connectivity index (χ4v) is 1.86. The van der Waals surface area contributed by atoms with E-state index in [1.807, 2.05) is 18.2 Å². The number of hydrogen-bond donors (Lipinski definition) is 1. The molecule has 0 fully saturated rings. The van der Waals surface area contributed by atoms with Gasteiger partial charge < -0.3 is 5.32 Å². The molecule has 1 N–H and O–H groups in total. The number of carbonyl (C=O) groups excluding carboxylic acids is 1. The fraction of sp³-hybridized carbons (Fsp3) is 0.562. The average Bonchev–Trinajstić information content (AvgIpc) is 2.35. The van der Waals surface area contributed by atoms with Crippen molar-refractivity contribution >= 4 is 5.78 Å². The highest BCUT2D eigenvalue weighted by atomic mass is 16.1. The van der Waals surface area contributed by atoms with E-state index >= 15 is 0 Å². The Hall–Kier alpha value is -1.15. The summed E-state index contributed by atoms with van der Waals surface area (Å²) in [6.07, 6.45) is 2.07. The summed E-state index contributed by atoms with van der Waals surface area (Å²) >= 11 is 0. The molecule has 0 spiro atoms. The maximum atomic E-state index is 12.0. The van der Waals surface area contributed by atoms with Gasteiger partial charge in [-0.3, -0.25) is 4.79 Å². The molecule has 0 saturated carbocycles. The van der Waals surface area contributed by atoms with Gasteiger partial charge >= 0.3 is 0 Å². The minimum Gasteiger partial charge on any atom is -0.307 e. The number of nitrogens with one attached hydrogen (secondary N) is 1. The van der Waals surface area contributed by atoms with Crippen molar-refractivity contribution in [2.24, 2.45) is 5.92 Å². The average molecular weight is 247 g/mol. The minimum atomic E-state index is 0.181. The second-order valence-electron chi connectivity index (χ2n) is 5.41. The molecule has 1 atom stereocenters. The molecule has 0 aromatic heterocycles. The second-order valence-corrected chi connectivity index (χ2v) is 5.41. The van der Waals surface area contributed by atoms with Crippen LogP contribution < -0.4 is 5.32 Å². The summed E-state index contributed by atoms with van der Waals surface area (Å²) in [5, 5.41) is 3.24. The second kappa shape index (κ2) is 7.32. The van der Waals surface area contributed by atoms with Gasteiger partial charge in [0.05, 0.1) is 6.54 Å². The molecule has 0 aliphatic carbocycles. The van der Waals surface area contributed by atoms with E-state index in [9.17, 15) is 4.79 Å². The van der Waals surface area contributed by atoms with Crippen molar-refractivity contribution in [2.75, 3.05) is 6.54 Å². The first-order valence-corrected chi connectivity index (χ1v) is 6.88. The Morgan fingerprint density at radius 1 is 1.28 bits per heavy atom. The summed E-state index contributed by atoms with van der Waals surface area (Å²) < 4.78 is 0. The van der Waals surface area contributed by atoms with Crippen LogP contribution in [0, 0.1) is 5.92 Å². The van der Waals surface area contributed by atoms with Gasteiger partial charge in [-0.2, -0.15) is 0 Å². The van der Waals surface area contributed by atoms with Crippen LogP contribution in [0.15, 0.2) is 24.3 Å². The van der Waals surface area contributed by atoms with Crippen LogP contribution in [-0.2, 0) is 6.42 Å². The van der Waals surface area contributed by atoms with Gasteiger partial charge in [0.1, 0.15) is 0 Å². The molecule has 0 aliphatic heterocycles. The molecule has 2 nitrogen and oxygen atoms in total. The first kappa shape index (κ1) is 14.9. The number of hydrogen-bond acceptors (Lipinski definition) is 2. The first-order chi connectivity index (χ1) is 8.52. The SMILES string of the molecule is CCC(C)NCC(=O)c1cccc(CC(C)C)c1. The third kappa shape index (κ3) is 5.01. The van der Waals surface area contributed by atoms with Crippen LogP contribution in [0.5, 0.6) is 0 Å². The van der Waals surface area contributed by atoms with Crippen molar-refractivity contribution < 1.29 is 4.79 Å². The molecular formula is C16H25NO. The number of Topliss-reactive ketones (excluding diaryl/α,β-unsaturated/α-hetero) is 1. The molecule has 1 aromatic carbocycles. The topological polar surface area (TPSA) is 29.1 Å². The molecule has 1 aromatic rings. The van der Waals surface area contributed by atoms with E-state index in [0.717, 1.165) is 18.4 Å². The molecule has 0 heterocycles. The zero-order chi connectivity index (χ0) is 13.5. The standard InChI is InChI=1S/C16H25NO/c1-5-13(4)17-11-16(18)15-8-6-7-14(10-15)9-12(2)3/h6-8,10,12-13,17H,5,9,11H2,1-4H3. The Morgan fingerprint density at radius 2 is 2.00 bits per heavy atom. The van der Waals surface area contributed by atoms with Crippen LogP contribution in [0.1, 0.15) is 50.0 Å². The van der Waals surface area contributed by atoms with Crippen LogP contribution in [-0.4, -0.2) is 18.4 Å². The highest BCUT2D eigenvalue weighted by Gasteiger charge is 2.08. The van der Waals surface area contributed by atoms with Gasteiger partial charge in [0.25, 0.3) is 0 Å². The molecule has 0 radical (unpaired) electrons. The van der Waals surface area contributed by atoms with Gasteiger partial charge in [-0.05, 0) is 37.3 Å². The maximum Gasteiger partial charge on any atom is 0.176 e. The lowest BCUT2D eigenvalue weighted by Gasteiger charge is -2.11. The van der Waals surface area contributed by atoms with Crippen molar-refractivity contribution in [3.63, 3.8) is 0 Å². The first-order valence-electron chi connectivity index (χ1n) is 6.88. The summed E-state index contributed by atoms with van der Waals surface area (Å²) in [7, 11) is 0. The quantitative estimate of drug-likeness (QED) is 0.748. The third-order valence-electron chi connectivity index (χ3n) is 3.12. The highest BCUT2D eigenvalue weighted by molar-refractivity contribution is 5.97. The molecule has 100 valence electrons. The molecule has 0 aliphatic rings. The zero-order valence-electron chi connectivity index (χ0n) is 12.0. The molecule has 0 bridgehead atoms. The lowest BCUT2D eigenvalue weighted by Crippen LogP contribution is -2.30. The number of benzene rings is 1. The number of rotatable bonds is 7. The van der Waals surface area contributed by atoms with Gasteiger partial charge in [-0.25, -0.2) is 0 Å². The Morgan fingerprint density at radius 3 is 2.61 bits per heavy atom. The summed E-state index contributed by atoms with van der Waals surface area (Å²) in [5.41, 5.74) is 2.07. The van der Waals surface area contributed by atoms with Crippen molar-refractivity contribution in [1.29, 1.82) is 0 Å². The Labute approximate surface area is 111 Å². The normalized spacial score (nSPS) is 12.7. The summed E-state index contributed by atoms with van der Waals surface area (Å²) in [6.45, 7) is 9.03. The van der Waals surface area contributed by atoms with Gasteiger partial charge in [-0.15, -0.1) is 0 Å². The lowest BCUT2D eigenvalue weighted by molar-refractivity contribution is 0.0987. The van der Waals surface area contributed by atoms with Crippen molar-refractivity contribution in [3.05, 3.63) is 35.4 Å². The lowest BCUT2D eigenvalue weighted by atomic mass is 9.99. The van der Waals surface area contributed by atoms with E-state index in [-0.39, 0.29) is 5.78 Å². The van der Waals surface area contributed by atoms with Crippen molar-refractivity contribution in [1.82, 2.24) is 5.32 Å². The monoisotopic (exact) mass is 247 g/mol. The summed E-state index contributed by atoms with van der Waals surface area (Å²) in [5.74, 6) is 0.800. The van der Waals surface area contributed by atoms with Crippen molar-refractivity contribution in [2.45, 2.75) is 46.6 Å². The zero-order valence-corrected chi connectivity index (χ0v) is 12.0. The third-order valence-corrected chi connectivity index (χ3v) is 3.12. The smallest absolute Gasteiger partial charge is 0.176 e. The molecule has 0 saturated heterocycles. The van der Waals surface area contributed by atoms with E-state index in [2.05, 4.69) is 39.1 Å². The molecule has 1 unspecified atom stereocenters. The van der Waals surface area contributed by atoms with Crippen LogP contribution in [0.25, 0.3) is 0 Å². The molecule has 1 rings (SSSR count). The summed E-state index contributed by atoms with van der Waals surface area (Å²) in [6, 6.07) is 8.41. The molecule has 2 heteroatoms. The van der Waals surface area contributed by atoms with E-state index in [1.54, 1.807) is 0 Å². The van der Waals surface area contributed by atoms with Gasteiger partial charge in [-0.1, -0.05) is 39.0 Å². The van der Waals surface area contributed by atoms with E-state index in [4.69, 9.17) is 0 Å². The molecular weight excluding hydrogens is 222 g/mol. The van der Waals surface area contributed by atoms with Gasteiger partial charge in [0.15, 0.2) is 5.78 Å². The summed E-state index contributed by atoms with van der Waals surface area (Å²) in [4.78, 5) is 12.0. The van der Waals surface area contributed by atoms with Gasteiger partial charge in [0.2, 0.25) is 0 Å². The predicted molar refractivity (Wildman–Crippen MR) is 77.1 cm³/mol. The number of ketones is 1. The maximum absolute atomic E-state index is 12.0. The predicted octanol–water partition coefficient (Wildman–Crippen LogP) is 3.46. The Balaban J connectivity index is 2.62. The van der Waals surface area contributed by atoms with E-state index in [1.165, 1.54) is 5.56 Å². The largest absolute Gasteiger partial charge is 0.307 e. The molecule has 18 heavy (non-hydrogen) atoms. The van der Waals surface area contributed by atoms with E-state index in [0.29, 0.717) is 18.5 Å². The Bertz CT molecular complexity index is 384. The highest BCUT2D eigenvalue weighted by Crippen LogP contribution is 2.11. The fourth-order valence-electron chi connectivity index (χ4n) is 1.86. The Kier molecular flexibility index (Phi) is 6.06. The van der Waals surface area contributed by atoms with Crippen LogP contribution in [0.2, 0.25) is 0 Å². The minimum absolute atomic E-state index is 0.181. The van der Waals surface area contributed by atoms with E-state index < -0.39 is 0 Å². The molecule has 0 amide bonds.